The number of rotatable bonds is 5. The predicted molar refractivity (Wildman–Crippen MR) is 88.5 cm³/mol. The van der Waals surface area contributed by atoms with Gasteiger partial charge in [0.2, 0.25) is 0 Å². The first-order valence-corrected chi connectivity index (χ1v) is 7.89. The Hall–Kier alpha value is -3.09. The summed E-state index contributed by atoms with van der Waals surface area (Å²) < 4.78 is 16.0. The maximum Gasteiger partial charge on any atom is 0.340 e. The van der Waals surface area contributed by atoms with Crippen LogP contribution in [0.15, 0.2) is 42.7 Å². The molecule has 1 atom stereocenters. The molecule has 7 nitrogen and oxygen atoms in total. The molecular formula is C18H18N2O5. The number of aromatic nitrogens is 1. The Labute approximate surface area is 144 Å². The first kappa shape index (κ1) is 16.8. The lowest BCUT2D eigenvalue weighted by Gasteiger charge is -2.21. The Morgan fingerprint density at radius 2 is 2.04 bits per heavy atom. The summed E-state index contributed by atoms with van der Waals surface area (Å²) in [5, 5.41) is 2.78. The minimum Gasteiger partial charge on any atom is -0.486 e. The summed E-state index contributed by atoms with van der Waals surface area (Å²) in [7, 11) is 0. The van der Waals surface area contributed by atoms with E-state index in [4.69, 9.17) is 14.2 Å². The van der Waals surface area contributed by atoms with E-state index in [9.17, 15) is 9.59 Å². The van der Waals surface area contributed by atoms with Crippen molar-refractivity contribution in [1.82, 2.24) is 10.3 Å². The van der Waals surface area contributed by atoms with E-state index in [-0.39, 0.29) is 18.6 Å². The number of ether oxygens (including phenoxy) is 3. The zero-order valence-corrected chi connectivity index (χ0v) is 13.7. The quantitative estimate of drug-likeness (QED) is 0.835. The fraction of sp³-hybridized carbons (Fsp3) is 0.278. The van der Waals surface area contributed by atoms with Crippen LogP contribution in [0, 0.1) is 0 Å². The topological polar surface area (TPSA) is 86.8 Å². The number of esters is 1. The smallest absolute Gasteiger partial charge is 0.340 e. The van der Waals surface area contributed by atoms with Gasteiger partial charge < -0.3 is 19.5 Å². The number of hydrogen-bond acceptors (Lipinski definition) is 6. The third kappa shape index (κ3) is 4.26. The monoisotopic (exact) mass is 342 g/mol. The summed E-state index contributed by atoms with van der Waals surface area (Å²) in [4.78, 5) is 27.6. The van der Waals surface area contributed by atoms with Crippen molar-refractivity contribution in [2.24, 2.45) is 0 Å². The average molecular weight is 342 g/mol. The van der Waals surface area contributed by atoms with Gasteiger partial charge in [0, 0.05) is 12.4 Å². The van der Waals surface area contributed by atoms with Gasteiger partial charge >= 0.3 is 5.97 Å². The van der Waals surface area contributed by atoms with Gasteiger partial charge in [-0.15, -0.1) is 0 Å². The largest absolute Gasteiger partial charge is 0.486 e. The van der Waals surface area contributed by atoms with E-state index in [1.54, 1.807) is 18.3 Å². The molecule has 0 saturated carbocycles. The van der Waals surface area contributed by atoms with Gasteiger partial charge in [0.05, 0.1) is 11.6 Å². The maximum atomic E-state index is 12.0. The number of amides is 1. The predicted octanol–water partition coefficient (Wildman–Crippen LogP) is 1.89. The number of carbonyl (C=O) groups is 2. The zero-order chi connectivity index (χ0) is 17.6. The molecule has 0 saturated heterocycles. The van der Waals surface area contributed by atoms with Crippen LogP contribution in [0.1, 0.15) is 28.9 Å². The van der Waals surface area contributed by atoms with Crippen LogP contribution in [0.5, 0.6) is 11.5 Å². The van der Waals surface area contributed by atoms with Crippen LogP contribution >= 0.6 is 0 Å². The number of carbonyl (C=O) groups excluding carboxylic acids is 2. The van der Waals surface area contributed by atoms with E-state index in [0.717, 1.165) is 5.56 Å². The number of nitrogens with zero attached hydrogens (tertiary/aromatic N) is 1. The molecule has 2 heterocycles. The Balaban J connectivity index is 1.53. The standard InChI is InChI=1S/C18H18N2O5/c1-12(13-4-5-15-16(9-13)24-8-7-23-15)20-17(21)11-25-18(22)14-3-2-6-19-10-14/h2-6,9-10,12H,7-8,11H2,1H3,(H,20,21)/t12-/m1/s1. The first-order valence-electron chi connectivity index (χ1n) is 7.89. The second-order valence-electron chi connectivity index (χ2n) is 5.51. The van der Waals surface area contributed by atoms with Crippen LogP contribution in [0.4, 0.5) is 0 Å². The number of hydrogen-bond donors (Lipinski definition) is 1. The zero-order valence-electron chi connectivity index (χ0n) is 13.7. The van der Waals surface area contributed by atoms with Crippen molar-refractivity contribution < 1.29 is 23.8 Å². The van der Waals surface area contributed by atoms with Gasteiger partial charge in [-0.05, 0) is 36.8 Å². The van der Waals surface area contributed by atoms with Gasteiger partial charge in [-0.25, -0.2) is 4.79 Å². The Morgan fingerprint density at radius 1 is 1.24 bits per heavy atom. The molecule has 25 heavy (non-hydrogen) atoms. The van der Waals surface area contributed by atoms with Crippen LogP contribution < -0.4 is 14.8 Å². The third-order valence-corrected chi connectivity index (χ3v) is 3.68. The van der Waals surface area contributed by atoms with Crippen molar-refractivity contribution in [3.05, 3.63) is 53.9 Å². The van der Waals surface area contributed by atoms with Crippen LogP contribution in [0.25, 0.3) is 0 Å². The maximum absolute atomic E-state index is 12.0. The molecule has 130 valence electrons. The molecule has 3 rings (SSSR count). The number of nitrogens with one attached hydrogen (secondary N) is 1. The van der Waals surface area contributed by atoms with E-state index < -0.39 is 5.97 Å². The molecule has 7 heteroatoms. The third-order valence-electron chi connectivity index (χ3n) is 3.68. The summed E-state index contributed by atoms with van der Waals surface area (Å²) in [6.45, 7) is 2.51. The molecular weight excluding hydrogens is 324 g/mol. The van der Waals surface area contributed by atoms with Crippen molar-refractivity contribution in [2.75, 3.05) is 19.8 Å². The molecule has 1 aromatic heterocycles. The van der Waals surface area contributed by atoms with Crippen molar-refractivity contribution in [3.8, 4) is 11.5 Å². The number of pyridine rings is 1. The Kier molecular flexibility index (Phi) is 5.13. The van der Waals surface area contributed by atoms with Crippen LogP contribution in [-0.4, -0.2) is 36.7 Å². The lowest BCUT2D eigenvalue weighted by atomic mass is 10.1. The molecule has 0 bridgehead atoms. The second-order valence-corrected chi connectivity index (χ2v) is 5.51. The summed E-state index contributed by atoms with van der Waals surface area (Å²) in [6.07, 6.45) is 2.94. The van der Waals surface area contributed by atoms with Gasteiger partial charge in [0.25, 0.3) is 5.91 Å². The van der Waals surface area contributed by atoms with E-state index >= 15 is 0 Å². The fourth-order valence-corrected chi connectivity index (χ4v) is 2.39. The molecule has 1 N–H and O–H groups in total. The van der Waals surface area contributed by atoms with Gasteiger partial charge in [0.1, 0.15) is 13.2 Å². The summed E-state index contributed by atoms with van der Waals surface area (Å²) in [5.41, 5.74) is 1.17. The van der Waals surface area contributed by atoms with E-state index in [2.05, 4.69) is 10.3 Å². The van der Waals surface area contributed by atoms with Crippen LogP contribution in [0.3, 0.4) is 0 Å². The molecule has 0 aliphatic carbocycles. The van der Waals surface area contributed by atoms with E-state index in [1.807, 2.05) is 25.1 Å². The molecule has 1 aromatic carbocycles. The SMILES string of the molecule is C[C@@H](NC(=O)COC(=O)c1cccnc1)c1ccc2c(c1)OCCO2. The molecule has 0 radical (unpaired) electrons. The lowest BCUT2D eigenvalue weighted by Crippen LogP contribution is -2.31. The van der Waals surface area contributed by atoms with Crippen molar-refractivity contribution in [1.29, 1.82) is 0 Å². The number of benzene rings is 1. The summed E-state index contributed by atoms with van der Waals surface area (Å²) in [5.74, 6) is 0.377. The van der Waals surface area contributed by atoms with Crippen molar-refractivity contribution >= 4 is 11.9 Å². The Bertz CT molecular complexity index is 763. The second kappa shape index (κ2) is 7.65. The molecule has 1 aliphatic rings. The van der Waals surface area contributed by atoms with Gasteiger partial charge in [-0.1, -0.05) is 6.07 Å². The fourth-order valence-electron chi connectivity index (χ4n) is 2.39. The highest BCUT2D eigenvalue weighted by atomic mass is 16.6. The Morgan fingerprint density at radius 3 is 2.80 bits per heavy atom. The van der Waals surface area contributed by atoms with Crippen molar-refractivity contribution in [3.63, 3.8) is 0 Å². The highest BCUT2D eigenvalue weighted by molar-refractivity contribution is 5.90. The molecule has 1 aliphatic heterocycles. The minimum atomic E-state index is -0.588. The highest BCUT2D eigenvalue weighted by Gasteiger charge is 2.17. The molecule has 1 amide bonds. The highest BCUT2D eigenvalue weighted by Crippen LogP contribution is 2.32. The molecule has 0 spiro atoms. The van der Waals surface area contributed by atoms with Crippen molar-refractivity contribution in [2.45, 2.75) is 13.0 Å². The minimum absolute atomic E-state index is 0.263. The lowest BCUT2D eigenvalue weighted by molar-refractivity contribution is -0.124. The number of fused-ring (bicyclic) bond motifs is 1. The average Bonchev–Trinajstić information content (AvgIpc) is 2.66. The first-order chi connectivity index (χ1) is 12.1. The normalized spacial score (nSPS) is 13.6. The van der Waals surface area contributed by atoms with Crippen LogP contribution in [0.2, 0.25) is 0 Å². The molecule has 0 fully saturated rings. The van der Waals surface area contributed by atoms with Gasteiger partial charge in [0.15, 0.2) is 18.1 Å². The van der Waals surface area contributed by atoms with Crippen LogP contribution in [-0.2, 0) is 9.53 Å². The molecule has 0 unspecified atom stereocenters. The van der Waals surface area contributed by atoms with E-state index in [1.165, 1.54) is 6.20 Å². The molecule has 2 aromatic rings. The summed E-state index contributed by atoms with van der Waals surface area (Å²) in [6, 6.07) is 8.45. The van der Waals surface area contributed by atoms with Gasteiger partial charge in [-0.2, -0.15) is 0 Å². The van der Waals surface area contributed by atoms with E-state index in [0.29, 0.717) is 30.3 Å². The van der Waals surface area contributed by atoms with Gasteiger partial charge in [-0.3, -0.25) is 9.78 Å². The summed E-state index contributed by atoms with van der Waals surface area (Å²) >= 11 is 0.